The van der Waals surface area contributed by atoms with E-state index in [9.17, 15) is 0 Å². The summed E-state index contributed by atoms with van der Waals surface area (Å²) in [4.78, 5) is 9.19. The summed E-state index contributed by atoms with van der Waals surface area (Å²) in [7, 11) is 1.85. The van der Waals surface area contributed by atoms with Crippen LogP contribution in [0.1, 0.15) is 30.2 Å². The molecule has 3 rings (SSSR count). The summed E-state index contributed by atoms with van der Waals surface area (Å²) in [6.07, 6.45) is 2.66. The second-order valence-electron chi connectivity index (χ2n) is 6.98. The van der Waals surface area contributed by atoms with Gasteiger partial charge in [-0.1, -0.05) is 36.3 Å². The maximum absolute atomic E-state index is 5.73. The van der Waals surface area contributed by atoms with Gasteiger partial charge >= 0.3 is 0 Å². The Hall–Kier alpha value is -1.65. The second kappa shape index (κ2) is 12.8. The minimum absolute atomic E-state index is 0. The molecule has 0 bridgehead atoms. The molecule has 7 nitrogen and oxygen atoms in total. The summed E-state index contributed by atoms with van der Waals surface area (Å²) in [6.45, 7) is 9.01. The highest BCUT2D eigenvalue weighted by Crippen LogP contribution is 2.11. The van der Waals surface area contributed by atoms with Gasteiger partial charge in [0.25, 0.3) is 0 Å². The fraction of sp³-hybridized carbons (Fsp3) is 0.524. The van der Waals surface area contributed by atoms with Crippen LogP contribution >= 0.6 is 24.0 Å². The van der Waals surface area contributed by atoms with Crippen LogP contribution in [0.15, 0.2) is 46.1 Å². The van der Waals surface area contributed by atoms with Crippen LogP contribution < -0.4 is 5.32 Å². The monoisotopic (exact) mass is 513 g/mol. The highest BCUT2D eigenvalue weighted by molar-refractivity contribution is 14.0. The van der Waals surface area contributed by atoms with E-state index in [1.165, 1.54) is 11.1 Å². The lowest BCUT2D eigenvalue weighted by molar-refractivity contribution is 0.121. The third-order valence-corrected chi connectivity index (χ3v) is 4.92. The lowest BCUT2D eigenvalue weighted by Crippen LogP contribution is -2.52. The molecule has 0 unspecified atom stereocenters. The standard InChI is InChI=1S/C21H31N5O2.HI/c1-3-13-27-17-19-7-5-4-6-18(19)15-23-21(22-2)26-11-9-25(10-12-26)16-20-8-14-28-24-20;/h4-8,14H,3,9-13,15-17H2,1-2H3,(H,22,23);1H. The van der Waals surface area contributed by atoms with Crippen molar-refractivity contribution < 1.29 is 9.26 Å². The molecule has 8 heteroatoms. The van der Waals surface area contributed by atoms with Crippen molar-refractivity contribution in [3.8, 4) is 0 Å². The third-order valence-electron chi connectivity index (χ3n) is 4.92. The van der Waals surface area contributed by atoms with Crippen LogP contribution in [0.5, 0.6) is 0 Å². The minimum Gasteiger partial charge on any atom is -0.377 e. The second-order valence-corrected chi connectivity index (χ2v) is 6.98. The molecule has 1 saturated heterocycles. The van der Waals surface area contributed by atoms with E-state index < -0.39 is 0 Å². The van der Waals surface area contributed by atoms with Crippen LogP contribution in [-0.2, 0) is 24.4 Å². The number of halogens is 1. The van der Waals surface area contributed by atoms with Gasteiger partial charge in [-0.05, 0) is 17.5 Å². The molecule has 1 fully saturated rings. The summed E-state index contributed by atoms with van der Waals surface area (Å²) in [5.74, 6) is 0.949. The van der Waals surface area contributed by atoms with Gasteiger partial charge in [-0.3, -0.25) is 9.89 Å². The molecular formula is C21H32IN5O2. The number of hydrogen-bond acceptors (Lipinski definition) is 5. The van der Waals surface area contributed by atoms with Gasteiger partial charge in [0.15, 0.2) is 5.96 Å². The number of rotatable bonds is 8. The molecule has 160 valence electrons. The number of ether oxygens (including phenoxy) is 1. The number of benzene rings is 1. The summed E-state index contributed by atoms with van der Waals surface area (Å²) in [5, 5.41) is 7.52. The summed E-state index contributed by atoms with van der Waals surface area (Å²) < 4.78 is 10.7. The first-order valence-corrected chi connectivity index (χ1v) is 10.0. The van der Waals surface area contributed by atoms with E-state index in [2.05, 4.69) is 56.5 Å². The van der Waals surface area contributed by atoms with E-state index in [0.717, 1.165) is 63.9 Å². The fourth-order valence-corrected chi connectivity index (χ4v) is 3.37. The average molecular weight is 513 g/mol. The number of nitrogens with one attached hydrogen (secondary N) is 1. The molecule has 0 aliphatic carbocycles. The summed E-state index contributed by atoms with van der Waals surface area (Å²) in [5.41, 5.74) is 3.47. The lowest BCUT2D eigenvalue weighted by atomic mass is 10.1. The Morgan fingerprint density at radius 2 is 1.93 bits per heavy atom. The predicted molar refractivity (Wildman–Crippen MR) is 125 cm³/mol. The Kier molecular flexibility index (Phi) is 10.4. The predicted octanol–water partition coefficient (Wildman–Crippen LogP) is 3.11. The van der Waals surface area contributed by atoms with Crippen LogP contribution in [0.2, 0.25) is 0 Å². The Balaban J connectivity index is 0.00000300. The van der Waals surface area contributed by atoms with Crippen molar-refractivity contribution in [2.24, 2.45) is 4.99 Å². The SMILES string of the molecule is CCCOCc1ccccc1CNC(=NC)N1CCN(Cc2ccon2)CC1.I. The fourth-order valence-electron chi connectivity index (χ4n) is 3.37. The van der Waals surface area contributed by atoms with Crippen molar-refractivity contribution in [2.75, 3.05) is 39.8 Å². The molecule has 1 N–H and O–H groups in total. The van der Waals surface area contributed by atoms with Gasteiger partial charge in [-0.15, -0.1) is 24.0 Å². The molecular weight excluding hydrogens is 481 g/mol. The molecule has 1 aromatic heterocycles. The minimum atomic E-state index is 0. The van der Waals surface area contributed by atoms with Crippen molar-refractivity contribution in [1.82, 2.24) is 20.3 Å². The number of piperazine rings is 1. The van der Waals surface area contributed by atoms with Crippen LogP contribution in [-0.4, -0.2) is 60.7 Å². The van der Waals surface area contributed by atoms with Gasteiger partial charge in [-0.2, -0.15) is 0 Å². The third kappa shape index (κ3) is 7.27. The molecule has 29 heavy (non-hydrogen) atoms. The summed E-state index contributed by atoms with van der Waals surface area (Å²) in [6, 6.07) is 10.4. The highest BCUT2D eigenvalue weighted by Gasteiger charge is 2.20. The molecule has 0 atom stereocenters. The molecule has 0 amide bonds. The summed E-state index contributed by atoms with van der Waals surface area (Å²) >= 11 is 0. The zero-order valence-corrected chi connectivity index (χ0v) is 19.7. The van der Waals surface area contributed by atoms with Crippen molar-refractivity contribution in [3.05, 3.63) is 53.4 Å². The van der Waals surface area contributed by atoms with Gasteiger partial charge in [0.1, 0.15) is 6.26 Å². The molecule has 2 heterocycles. The first-order valence-electron chi connectivity index (χ1n) is 10.0. The van der Waals surface area contributed by atoms with Gasteiger partial charge in [0.05, 0.1) is 12.3 Å². The zero-order valence-electron chi connectivity index (χ0n) is 17.3. The molecule has 1 aliphatic heterocycles. The van der Waals surface area contributed by atoms with E-state index in [-0.39, 0.29) is 24.0 Å². The molecule has 0 spiro atoms. The smallest absolute Gasteiger partial charge is 0.194 e. The van der Waals surface area contributed by atoms with Gasteiger partial charge in [0.2, 0.25) is 0 Å². The van der Waals surface area contributed by atoms with Gasteiger partial charge in [-0.25, -0.2) is 0 Å². The van der Waals surface area contributed by atoms with Crippen molar-refractivity contribution >= 4 is 29.9 Å². The Labute approximate surface area is 190 Å². The first-order chi connectivity index (χ1) is 13.8. The van der Waals surface area contributed by atoms with Crippen LogP contribution in [0.25, 0.3) is 0 Å². The van der Waals surface area contributed by atoms with Crippen LogP contribution in [0, 0.1) is 0 Å². The normalized spacial score (nSPS) is 15.2. The number of nitrogens with zero attached hydrogens (tertiary/aromatic N) is 4. The molecule has 0 saturated carbocycles. The topological polar surface area (TPSA) is 66.1 Å². The molecule has 1 aliphatic rings. The number of aliphatic imine (C=N–C) groups is 1. The average Bonchev–Trinajstić information content (AvgIpc) is 3.24. The largest absolute Gasteiger partial charge is 0.377 e. The lowest BCUT2D eigenvalue weighted by Gasteiger charge is -2.36. The quantitative estimate of drug-likeness (QED) is 0.253. The van der Waals surface area contributed by atoms with Crippen LogP contribution in [0.3, 0.4) is 0 Å². The molecule has 1 aromatic carbocycles. The number of aromatic nitrogens is 1. The highest BCUT2D eigenvalue weighted by atomic mass is 127. The zero-order chi connectivity index (χ0) is 19.6. The molecule has 2 aromatic rings. The van der Waals surface area contributed by atoms with Gasteiger partial charge < -0.3 is 19.5 Å². The number of guanidine groups is 1. The van der Waals surface area contributed by atoms with E-state index in [1.54, 1.807) is 6.26 Å². The van der Waals surface area contributed by atoms with Crippen molar-refractivity contribution in [1.29, 1.82) is 0 Å². The van der Waals surface area contributed by atoms with Crippen molar-refractivity contribution in [2.45, 2.75) is 33.0 Å². The van der Waals surface area contributed by atoms with E-state index in [0.29, 0.717) is 6.61 Å². The van der Waals surface area contributed by atoms with E-state index in [1.807, 2.05) is 13.1 Å². The maximum Gasteiger partial charge on any atom is 0.194 e. The number of hydrogen-bond donors (Lipinski definition) is 1. The van der Waals surface area contributed by atoms with E-state index in [4.69, 9.17) is 9.26 Å². The van der Waals surface area contributed by atoms with Crippen molar-refractivity contribution in [3.63, 3.8) is 0 Å². The Bertz CT molecular complexity index is 730. The van der Waals surface area contributed by atoms with E-state index >= 15 is 0 Å². The Morgan fingerprint density at radius 1 is 1.17 bits per heavy atom. The van der Waals surface area contributed by atoms with Crippen LogP contribution in [0.4, 0.5) is 0 Å². The van der Waals surface area contributed by atoms with Gasteiger partial charge in [0, 0.05) is 59.0 Å². The molecule has 0 radical (unpaired) electrons. The first kappa shape index (κ1) is 23.6. The maximum atomic E-state index is 5.73. The Morgan fingerprint density at radius 3 is 2.59 bits per heavy atom.